The van der Waals surface area contributed by atoms with Crippen LogP contribution in [-0.2, 0) is 13.8 Å². The lowest BCUT2D eigenvalue weighted by molar-refractivity contribution is 0.112. The highest BCUT2D eigenvalue weighted by molar-refractivity contribution is 7.46. The van der Waals surface area contributed by atoms with Crippen molar-refractivity contribution in [2.75, 3.05) is 19.8 Å². The number of rotatable bonds is 7. The van der Waals surface area contributed by atoms with Crippen LogP contribution in [-0.4, -0.2) is 29.6 Å². The highest BCUT2D eigenvalue weighted by atomic mass is 31.2. The van der Waals surface area contributed by atoms with Gasteiger partial charge in [0, 0.05) is 13.2 Å². The summed E-state index contributed by atoms with van der Waals surface area (Å²) in [6, 6.07) is 0. The zero-order chi connectivity index (χ0) is 9.45. The molecule has 0 aliphatic rings. The molecule has 0 saturated carbocycles. The summed E-state index contributed by atoms with van der Waals surface area (Å²) in [6.07, 6.45) is 1.45. The van der Waals surface area contributed by atoms with Crippen molar-refractivity contribution >= 4 is 7.82 Å². The topological polar surface area (TPSA) is 76.0 Å². The van der Waals surface area contributed by atoms with Crippen LogP contribution in [0, 0.1) is 0 Å². The first kappa shape index (κ1) is 12.1. The molecule has 0 aromatic rings. The van der Waals surface area contributed by atoms with Crippen LogP contribution < -0.4 is 0 Å². The minimum atomic E-state index is -4.28. The molecule has 0 aliphatic carbocycles. The smallest absolute Gasteiger partial charge is 0.381 e. The molecule has 0 aromatic carbocycles. The van der Waals surface area contributed by atoms with Crippen molar-refractivity contribution in [2.45, 2.75) is 19.8 Å². The highest BCUT2D eigenvalue weighted by Gasteiger charge is 2.12. The Labute approximate surface area is 71.9 Å². The minimum Gasteiger partial charge on any atom is -0.381 e. The Morgan fingerprint density at radius 3 is 2.42 bits per heavy atom. The third-order valence-electron chi connectivity index (χ3n) is 1.04. The Morgan fingerprint density at radius 2 is 1.92 bits per heavy atom. The molecule has 0 aromatic heterocycles. The van der Waals surface area contributed by atoms with E-state index in [1.54, 1.807) is 0 Å². The van der Waals surface area contributed by atoms with Gasteiger partial charge in [0.05, 0.1) is 6.61 Å². The number of phosphoric ester groups is 1. The summed E-state index contributed by atoms with van der Waals surface area (Å²) in [5.41, 5.74) is 0. The first-order chi connectivity index (χ1) is 5.56. The molecule has 0 atom stereocenters. The van der Waals surface area contributed by atoms with Crippen LogP contribution in [0.5, 0.6) is 0 Å². The molecule has 6 heteroatoms. The molecule has 2 N–H and O–H groups in total. The number of hydrogen-bond acceptors (Lipinski definition) is 3. The second-order valence-corrected chi connectivity index (χ2v) is 3.53. The fourth-order valence-corrected chi connectivity index (χ4v) is 0.958. The Balaban J connectivity index is 3.06. The van der Waals surface area contributed by atoms with Crippen LogP contribution in [0.1, 0.15) is 19.8 Å². The Morgan fingerprint density at radius 1 is 1.25 bits per heavy atom. The van der Waals surface area contributed by atoms with E-state index in [0.717, 1.165) is 6.42 Å². The van der Waals surface area contributed by atoms with Gasteiger partial charge in [0.1, 0.15) is 0 Å². The molecule has 0 unspecified atom stereocenters. The van der Waals surface area contributed by atoms with Gasteiger partial charge >= 0.3 is 7.82 Å². The average molecular weight is 198 g/mol. The van der Waals surface area contributed by atoms with E-state index in [4.69, 9.17) is 14.5 Å². The molecule has 74 valence electrons. The third kappa shape index (κ3) is 10.1. The summed E-state index contributed by atoms with van der Waals surface area (Å²) in [4.78, 5) is 16.5. The minimum absolute atomic E-state index is 0.0357. The van der Waals surface area contributed by atoms with Gasteiger partial charge in [0.2, 0.25) is 0 Å². The van der Waals surface area contributed by atoms with Gasteiger partial charge in [-0.1, -0.05) is 6.92 Å². The quantitative estimate of drug-likeness (QED) is 0.469. The van der Waals surface area contributed by atoms with Gasteiger partial charge in [0.25, 0.3) is 0 Å². The molecule has 12 heavy (non-hydrogen) atoms. The standard InChI is InChI=1S/C6H15O5P/c1-2-4-10-5-3-6-11-12(7,8)9/h2-6H2,1H3,(H2,7,8,9). The lowest BCUT2D eigenvalue weighted by atomic mass is 10.5. The van der Waals surface area contributed by atoms with Crippen LogP contribution in [0.25, 0.3) is 0 Å². The average Bonchev–Trinajstić information content (AvgIpc) is 1.94. The van der Waals surface area contributed by atoms with E-state index < -0.39 is 7.82 Å². The van der Waals surface area contributed by atoms with E-state index in [9.17, 15) is 4.57 Å². The van der Waals surface area contributed by atoms with Crippen LogP contribution in [0.15, 0.2) is 0 Å². The molecule has 0 fully saturated rings. The Bertz CT molecular complexity index is 143. The molecule has 0 bridgehead atoms. The molecule has 5 nitrogen and oxygen atoms in total. The zero-order valence-electron chi connectivity index (χ0n) is 7.10. The van der Waals surface area contributed by atoms with E-state index >= 15 is 0 Å². The SMILES string of the molecule is CCCOCCCOP(=O)(O)O. The van der Waals surface area contributed by atoms with Gasteiger partial charge in [-0.3, -0.25) is 4.52 Å². The second-order valence-electron chi connectivity index (χ2n) is 2.29. The van der Waals surface area contributed by atoms with E-state index in [1.807, 2.05) is 6.92 Å². The summed E-state index contributed by atoms with van der Waals surface area (Å²) < 4.78 is 19.4. The van der Waals surface area contributed by atoms with Gasteiger partial charge in [-0.05, 0) is 12.8 Å². The highest BCUT2D eigenvalue weighted by Crippen LogP contribution is 2.35. The second kappa shape index (κ2) is 6.57. The van der Waals surface area contributed by atoms with E-state index in [1.165, 1.54) is 0 Å². The van der Waals surface area contributed by atoms with Crippen LogP contribution in [0.4, 0.5) is 0 Å². The Hall–Kier alpha value is 0.0700. The van der Waals surface area contributed by atoms with Gasteiger partial charge in [-0.25, -0.2) is 4.57 Å². The van der Waals surface area contributed by atoms with Crippen molar-refractivity contribution in [3.63, 3.8) is 0 Å². The largest absolute Gasteiger partial charge is 0.469 e. The fourth-order valence-electron chi connectivity index (χ4n) is 0.591. The monoisotopic (exact) mass is 198 g/mol. The van der Waals surface area contributed by atoms with Crippen LogP contribution >= 0.6 is 7.82 Å². The summed E-state index contributed by atoms with van der Waals surface area (Å²) in [7, 11) is -4.28. The van der Waals surface area contributed by atoms with Gasteiger partial charge in [-0.15, -0.1) is 0 Å². The molecule has 0 amide bonds. The molecule has 0 rings (SSSR count). The lowest BCUT2D eigenvalue weighted by Gasteiger charge is -2.04. The van der Waals surface area contributed by atoms with Crippen LogP contribution in [0.3, 0.4) is 0 Å². The first-order valence-electron chi connectivity index (χ1n) is 3.84. The molecule has 0 saturated heterocycles. The lowest BCUT2D eigenvalue weighted by Crippen LogP contribution is -2.00. The van der Waals surface area contributed by atoms with Gasteiger partial charge < -0.3 is 14.5 Å². The summed E-state index contributed by atoms with van der Waals surface area (Å²) >= 11 is 0. The Kier molecular flexibility index (Phi) is 6.61. The van der Waals surface area contributed by atoms with E-state index in [2.05, 4.69) is 4.52 Å². The number of phosphoric acid groups is 1. The summed E-state index contributed by atoms with van der Waals surface area (Å²) in [6.45, 7) is 3.18. The molecule has 0 radical (unpaired) electrons. The zero-order valence-corrected chi connectivity index (χ0v) is 8.00. The molecule has 0 heterocycles. The number of ether oxygens (including phenoxy) is 1. The van der Waals surface area contributed by atoms with Gasteiger partial charge in [0.15, 0.2) is 0 Å². The maximum Gasteiger partial charge on any atom is 0.469 e. The normalized spacial score (nSPS) is 11.9. The van der Waals surface area contributed by atoms with Gasteiger partial charge in [-0.2, -0.15) is 0 Å². The molecular weight excluding hydrogens is 183 g/mol. The third-order valence-corrected chi connectivity index (χ3v) is 1.56. The van der Waals surface area contributed by atoms with Crippen molar-refractivity contribution in [3.8, 4) is 0 Å². The summed E-state index contributed by atoms with van der Waals surface area (Å²) in [5.74, 6) is 0. The molecule has 0 aliphatic heterocycles. The molecular formula is C6H15O5P. The fraction of sp³-hybridized carbons (Fsp3) is 1.00. The van der Waals surface area contributed by atoms with Crippen molar-refractivity contribution in [1.82, 2.24) is 0 Å². The predicted octanol–water partition coefficient (Wildman–Crippen LogP) is 0.912. The predicted molar refractivity (Wildman–Crippen MR) is 43.7 cm³/mol. The van der Waals surface area contributed by atoms with Crippen LogP contribution in [0.2, 0.25) is 0 Å². The maximum atomic E-state index is 10.2. The van der Waals surface area contributed by atoms with Crippen molar-refractivity contribution in [1.29, 1.82) is 0 Å². The van der Waals surface area contributed by atoms with E-state index in [0.29, 0.717) is 19.6 Å². The van der Waals surface area contributed by atoms with Crippen molar-refractivity contribution in [2.24, 2.45) is 0 Å². The molecule has 0 spiro atoms. The van der Waals surface area contributed by atoms with Crippen molar-refractivity contribution in [3.05, 3.63) is 0 Å². The maximum absolute atomic E-state index is 10.2. The summed E-state index contributed by atoms with van der Waals surface area (Å²) in [5, 5.41) is 0. The number of hydrogen-bond donors (Lipinski definition) is 2. The first-order valence-corrected chi connectivity index (χ1v) is 5.37. The van der Waals surface area contributed by atoms with Crippen molar-refractivity contribution < 1.29 is 23.6 Å². The van der Waals surface area contributed by atoms with E-state index in [-0.39, 0.29) is 6.61 Å².